The molecule has 0 amide bonds. The topological polar surface area (TPSA) is 27.6 Å². The molecule has 0 bridgehead atoms. The van der Waals surface area contributed by atoms with Gasteiger partial charge in [-0.3, -0.25) is 4.99 Å². The molecule has 3 nitrogen and oxygen atoms in total. The van der Waals surface area contributed by atoms with Crippen LogP contribution in [0.5, 0.6) is 0 Å². The van der Waals surface area contributed by atoms with E-state index in [-0.39, 0.29) is 17.8 Å². The van der Waals surface area contributed by atoms with Gasteiger partial charge in [0.25, 0.3) is 0 Å². The van der Waals surface area contributed by atoms with Crippen LogP contribution in [0.2, 0.25) is 5.02 Å². The quantitative estimate of drug-likeness (QED) is 0.664. The van der Waals surface area contributed by atoms with E-state index in [4.69, 9.17) is 11.6 Å². The first-order chi connectivity index (χ1) is 10.1. The summed E-state index contributed by atoms with van der Waals surface area (Å²) in [4.78, 5) is 6.41. The normalized spacial score (nSPS) is 21.3. The van der Waals surface area contributed by atoms with Gasteiger partial charge in [-0.25, -0.2) is 4.39 Å². The Labute approximate surface area is 131 Å². The fourth-order valence-electron chi connectivity index (χ4n) is 2.55. The molecule has 0 saturated heterocycles. The lowest BCUT2D eigenvalue weighted by atomic mass is 10.1. The summed E-state index contributed by atoms with van der Waals surface area (Å²) < 4.78 is 13.9. The average Bonchev–Trinajstić information content (AvgIpc) is 3.21. The van der Waals surface area contributed by atoms with Gasteiger partial charge in [0.05, 0.1) is 0 Å². The zero-order valence-electron chi connectivity index (χ0n) is 12.9. The summed E-state index contributed by atoms with van der Waals surface area (Å²) >= 11 is 6.12. The van der Waals surface area contributed by atoms with E-state index < -0.39 is 0 Å². The molecular weight excluding hydrogens is 289 g/mol. The maximum Gasteiger partial charge on any atom is 0.193 e. The number of halogens is 2. The SMILES string of the molecule is CCCCN(C)C(=NC)NC1CC1c1c(F)cccc1Cl. The van der Waals surface area contributed by atoms with Crippen LogP contribution < -0.4 is 5.32 Å². The van der Waals surface area contributed by atoms with E-state index in [1.165, 1.54) is 6.07 Å². The van der Waals surface area contributed by atoms with Gasteiger partial charge in [-0.1, -0.05) is 31.0 Å². The summed E-state index contributed by atoms with van der Waals surface area (Å²) in [5.74, 6) is 0.782. The van der Waals surface area contributed by atoms with Crippen molar-refractivity contribution in [3.8, 4) is 0 Å². The third kappa shape index (κ3) is 3.88. The minimum absolute atomic E-state index is 0.134. The Bertz CT molecular complexity index is 498. The van der Waals surface area contributed by atoms with Crippen LogP contribution >= 0.6 is 11.6 Å². The van der Waals surface area contributed by atoms with Crippen LogP contribution in [0.3, 0.4) is 0 Å². The molecule has 1 aromatic rings. The van der Waals surface area contributed by atoms with Gasteiger partial charge in [0.15, 0.2) is 5.96 Å². The van der Waals surface area contributed by atoms with Gasteiger partial charge in [-0.2, -0.15) is 0 Å². The highest BCUT2D eigenvalue weighted by molar-refractivity contribution is 6.31. The van der Waals surface area contributed by atoms with Crippen molar-refractivity contribution in [1.82, 2.24) is 10.2 Å². The van der Waals surface area contributed by atoms with E-state index in [0.29, 0.717) is 10.6 Å². The number of hydrogen-bond donors (Lipinski definition) is 1. The summed E-state index contributed by atoms with van der Waals surface area (Å²) in [5.41, 5.74) is 0.628. The Morgan fingerprint density at radius 1 is 1.52 bits per heavy atom. The molecule has 0 aromatic heterocycles. The molecule has 1 saturated carbocycles. The highest BCUT2D eigenvalue weighted by atomic mass is 35.5. The standard InChI is InChI=1S/C16H23ClFN3/c1-4-5-9-21(3)16(19-2)20-14-10-11(14)15-12(17)7-6-8-13(15)18/h6-8,11,14H,4-5,9-10H2,1-3H3,(H,19,20). The number of aliphatic imine (C=N–C) groups is 1. The number of nitrogens with one attached hydrogen (secondary N) is 1. The van der Waals surface area contributed by atoms with E-state index in [9.17, 15) is 4.39 Å². The molecule has 1 aliphatic carbocycles. The predicted octanol–water partition coefficient (Wildman–Crippen LogP) is 3.64. The molecule has 1 aliphatic rings. The Kier molecular flexibility index (Phi) is 5.45. The van der Waals surface area contributed by atoms with E-state index in [1.807, 2.05) is 7.05 Å². The van der Waals surface area contributed by atoms with Crippen molar-refractivity contribution in [3.63, 3.8) is 0 Å². The Morgan fingerprint density at radius 3 is 2.90 bits per heavy atom. The second kappa shape index (κ2) is 7.12. The van der Waals surface area contributed by atoms with Gasteiger partial charge in [-0.05, 0) is 25.0 Å². The summed E-state index contributed by atoms with van der Waals surface area (Å²) in [5, 5.41) is 3.92. The Balaban J connectivity index is 1.97. The van der Waals surface area contributed by atoms with E-state index in [0.717, 1.165) is 31.8 Å². The minimum atomic E-state index is -0.217. The van der Waals surface area contributed by atoms with Crippen molar-refractivity contribution in [3.05, 3.63) is 34.6 Å². The number of unbranched alkanes of at least 4 members (excludes halogenated alkanes) is 1. The Hall–Kier alpha value is -1.29. The van der Waals surface area contributed by atoms with Crippen LogP contribution in [-0.4, -0.2) is 37.5 Å². The lowest BCUT2D eigenvalue weighted by Crippen LogP contribution is -2.40. The lowest BCUT2D eigenvalue weighted by molar-refractivity contribution is 0.463. The molecule has 5 heteroatoms. The van der Waals surface area contributed by atoms with Crippen molar-refractivity contribution >= 4 is 17.6 Å². The molecule has 0 spiro atoms. The second-order valence-corrected chi connectivity index (χ2v) is 5.96. The fraction of sp³-hybridized carbons (Fsp3) is 0.562. The van der Waals surface area contributed by atoms with Crippen LogP contribution in [-0.2, 0) is 0 Å². The van der Waals surface area contributed by atoms with Gasteiger partial charge in [0, 0.05) is 43.2 Å². The van der Waals surface area contributed by atoms with Crippen molar-refractivity contribution < 1.29 is 4.39 Å². The van der Waals surface area contributed by atoms with Crippen LogP contribution in [0.1, 0.15) is 37.7 Å². The van der Waals surface area contributed by atoms with Crippen molar-refractivity contribution in [2.45, 2.75) is 38.1 Å². The molecule has 0 aliphatic heterocycles. The predicted molar refractivity (Wildman–Crippen MR) is 86.6 cm³/mol. The lowest BCUT2D eigenvalue weighted by Gasteiger charge is -2.22. The van der Waals surface area contributed by atoms with Crippen LogP contribution in [0, 0.1) is 5.82 Å². The maximum absolute atomic E-state index is 13.9. The molecular formula is C16H23ClFN3. The third-order valence-electron chi connectivity index (χ3n) is 3.90. The van der Waals surface area contributed by atoms with Gasteiger partial charge < -0.3 is 10.2 Å². The summed E-state index contributed by atoms with van der Waals surface area (Å²) in [7, 11) is 3.80. The molecule has 0 radical (unpaired) electrons. The maximum atomic E-state index is 13.9. The van der Waals surface area contributed by atoms with Crippen molar-refractivity contribution in [2.24, 2.45) is 4.99 Å². The van der Waals surface area contributed by atoms with Crippen LogP contribution in [0.25, 0.3) is 0 Å². The molecule has 0 heterocycles. The van der Waals surface area contributed by atoms with E-state index >= 15 is 0 Å². The molecule has 2 rings (SSSR count). The van der Waals surface area contributed by atoms with Gasteiger partial charge in [-0.15, -0.1) is 0 Å². The molecule has 21 heavy (non-hydrogen) atoms. The third-order valence-corrected chi connectivity index (χ3v) is 4.23. The van der Waals surface area contributed by atoms with Crippen molar-refractivity contribution in [2.75, 3.05) is 20.6 Å². The second-order valence-electron chi connectivity index (χ2n) is 5.55. The number of nitrogens with zero attached hydrogens (tertiary/aromatic N) is 2. The number of benzene rings is 1. The zero-order valence-corrected chi connectivity index (χ0v) is 13.6. The number of rotatable bonds is 5. The van der Waals surface area contributed by atoms with Gasteiger partial charge in [0.2, 0.25) is 0 Å². The monoisotopic (exact) mass is 311 g/mol. The largest absolute Gasteiger partial charge is 0.353 e. The van der Waals surface area contributed by atoms with Gasteiger partial charge >= 0.3 is 0 Å². The van der Waals surface area contributed by atoms with E-state index in [2.05, 4.69) is 22.1 Å². The molecule has 116 valence electrons. The molecule has 2 atom stereocenters. The Morgan fingerprint density at radius 2 is 2.29 bits per heavy atom. The smallest absolute Gasteiger partial charge is 0.193 e. The van der Waals surface area contributed by atoms with Crippen LogP contribution in [0.4, 0.5) is 4.39 Å². The first-order valence-corrected chi connectivity index (χ1v) is 7.84. The van der Waals surface area contributed by atoms with E-state index in [1.54, 1.807) is 19.2 Å². The minimum Gasteiger partial charge on any atom is -0.353 e. The average molecular weight is 312 g/mol. The first kappa shape index (κ1) is 16.1. The first-order valence-electron chi connectivity index (χ1n) is 7.46. The van der Waals surface area contributed by atoms with Gasteiger partial charge in [0.1, 0.15) is 5.82 Å². The summed E-state index contributed by atoms with van der Waals surface area (Å²) in [6, 6.07) is 5.07. The molecule has 1 aromatic carbocycles. The highest BCUT2D eigenvalue weighted by Gasteiger charge is 2.42. The molecule has 1 fully saturated rings. The summed E-state index contributed by atoms with van der Waals surface area (Å²) in [6.07, 6.45) is 3.17. The summed E-state index contributed by atoms with van der Waals surface area (Å²) in [6.45, 7) is 3.13. The fourth-order valence-corrected chi connectivity index (χ4v) is 2.85. The zero-order chi connectivity index (χ0) is 15.4. The van der Waals surface area contributed by atoms with Crippen molar-refractivity contribution in [1.29, 1.82) is 0 Å². The van der Waals surface area contributed by atoms with Crippen LogP contribution in [0.15, 0.2) is 23.2 Å². The number of guanidine groups is 1. The molecule has 2 unspecified atom stereocenters. The molecule has 1 N–H and O–H groups in total. The highest BCUT2D eigenvalue weighted by Crippen LogP contribution is 2.44. The number of hydrogen-bond acceptors (Lipinski definition) is 1.